The van der Waals surface area contributed by atoms with E-state index < -0.39 is 6.10 Å². The molecule has 0 radical (unpaired) electrons. The minimum atomic E-state index is -1.18. The van der Waals surface area contributed by atoms with Gasteiger partial charge in [-0.2, -0.15) is 0 Å². The third-order valence-electron chi connectivity index (χ3n) is 5.80. The highest BCUT2D eigenvalue weighted by atomic mass is 79.9. The predicted molar refractivity (Wildman–Crippen MR) is 122 cm³/mol. The highest BCUT2D eigenvalue weighted by molar-refractivity contribution is 9.11. The van der Waals surface area contributed by atoms with Crippen LogP contribution in [0, 0.1) is 12.8 Å². The van der Waals surface area contributed by atoms with Gasteiger partial charge in [-0.1, -0.05) is 28.1 Å². The van der Waals surface area contributed by atoms with E-state index in [1.807, 2.05) is 12.1 Å². The standard InChI is InChI=1S/C22H26Br2N2O3/c1-12-17(3-2-4-19(12)27)22(29)21(28)13-5-7-16(8-6-13)26-11-14-9-15(23)10-18(24)20(14)25/h2-4,9-10,13,16,22,26-27,29H,5-8,11,25H2,1H3. The number of hydrogen-bond donors (Lipinski definition) is 4. The number of carbonyl (C=O) groups excluding carboxylic acids is 1. The Morgan fingerprint density at radius 3 is 2.62 bits per heavy atom. The van der Waals surface area contributed by atoms with Crippen molar-refractivity contribution in [3.05, 3.63) is 56.0 Å². The lowest BCUT2D eigenvalue weighted by Gasteiger charge is -2.30. The Morgan fingerprint density at radius 2 is 1.93 bits per heavy atom. The number of nitrogens with one attached hydrogen (secondary N) is 1. The van der Waals surface area contributed by atoms with Crippen LogP contribution in [0.1, 0.15) is 48.5 Å². The summed E-state index contributed by atoms with van der Waals surface area (Å²) in [6, 6.07) is 9.16. The molecule has 3 rings (SSSR count). The van der Waals surface area contributed by atoms with Crippen LogP contribution in [0.4, 0.5) is 5.69 Å². The maximum atomic E-state index is 12.8. The molecule has 1 aliphatic rings. The molecule has 29 heavy (non-hydrogen) atoms. The summed E-state index contributed by atoms with van der Waals surface area (Å²) in [7, 11) is 0. The van der Waals surface area contributed by atoms with Crippen LogP contribution in [-0.4, -0.2) is 22.0 Å². The summed E-state index contributed by atoms with van der Waals surface area (Å²) in [6.45, 7) is 2.38. The number of phenols is 1. The molecule has 0 aromatic heterocycles. The van der Waals surface area contributed by atoms with E-state index in [-0.39, 0.29) is 17.5 Å². The SMILES string of the molecule is Cc1c(O)cccc1C(O)C(=O)C1CCC(NCc2cc(Br)cc(Br)c2N)CC1. The fourth-order valence-electron chi connectivity index (χ4n) is 3.93. The number of ketones is 1. The fourth-order valence-corrected chi connectivity index (χ4v) is 5.25. The first-order valence-electron chi connectivity index (χ1n) is 9.75. The second-order valence-corrected chi connectivity index (χ2v) is 9.46. The van der Waals surface area contributed by atoms with Gasteiger partial charge in [-0.3, -0.25) is 4.79 Å². The maximum Gasteiger partial charge on any atom is 0.168 e. The molecule has 2 aromatic rings. The summed E-state index contributed by atoms with van der Waals surface area (Å²) in [6.07, 6.45) is 2.04. The topological polar surface area (TPSA) is 95.6 Å². The number of anilines is 1. The minimum Gasteiger partial charge on any atom is -0.508 e. The van der Waals surface area contributed by atoms with E-state index in [1.165, 1.54) is 0 Å². The van der Waals surface area contributed by atoms with Gasteiger partial charge in [0.1, 0.15) is 11.9 Å². The fraction of sp³-hybridized carbons (Fsp3) is 0.409. The second kappa shape index (κ2) is 9.60. The van der Waals surface area contributed by atoms with Crippen molar-refractivity contribution in [3.63, 3.8) is 0 Å². The molecular formula is C22H26Br2N2O3. The molecule has 1 aliphatic carbocycles. The first-order valence-corrected chi connectivity index (χ1v) is 11.3. The van der Waals surface area contributed by atoms with Crippen molar-refractivity contribution in [2.75, 3.05) is 5.73 Å². The van der Waals surface area contributed by atoms with Crippen LogP contribution < -0.4 is 11.1 Å². The van der Waals surface area contributed by atoms with Crippen molar-refractivity contribution < 1.29 is 15.0 Å². The number of aromatic hydroxyl groups is 1. The summed E-state index contributed by atoms with van der Waals surface area (Å²) in [4.78, 5) is 12.8. The summed E-state index contributed by atoms with van der Waals surface area (Å²) in [5, 5.41) is 23.9. The highest BCUT2D eigenvalue weighted by Crippen LogP contribution is 2.33. The van der Waals surface area contributed by atoms with Crippen LogP contribution in [0.3, 0.4) is 0 Å². The number of rotatable bonds is 6. The van der Waals surface area contributed by atoms with Gasteiger partial charge in [-0.25, -0.2) is 0 Å². The van der Waals surface area contributed by atoms with E-state index in [4.69, 9.17) is 5.73 Å². The number of aliphatic hydroxyl groups is 1. The van der Waals surface area contributed by atoms with Gasteiger partial charge in [-0.15, -0.1) is 0 Å². The largest absolute Gasteiger partial charge is 0.508 e. The van der Waals surface area contributed by atoms with E-state index in [9.17, 15) is 15.0 Å². The molecule has 2 aromatic carbocycles. The number of aliphatic hydroxyl groups excluding tert-OH is 1. The first-order chi connectivity index (χ1) is 13.8. The predicted octanol–water partition coefficient (Wildman–Crippen LogP) is 4.76. The smallest absolute Gasteiger partial charge is 0.168 e. The molecule has 0 amide bonds. The molecule has 0 spiro atoms. The van der Waals surface area contributed by atoms with Gasteiger partial charge in [0.05, 0.1) is 5.69 Å². The lowest BCUT2D eigenvalue weighted by molar-refractivity contribution is -0.132. The van der Waals surface area contributed by atoms with Gasteiger partial charge >= 0.3 is 0 Å². The Bertz CT molecular complexity index is 896. The molecule has 0 heterocycles. The third kappa shape index (κ3) is 5.20. The number of carbonyl (C=O) groups is 1. The van der Waals surface area contributed by atoms with E-state index in [0.29, 0.717) is 23.7 Å². The molecule has 1 saturated carbocycles. The van der Waals surface area contributed by atoms with Crippen LogP contribution in [0.25, 0.3) is 0 Å². The molecule has 1 atom stereocenters. The van der Waals surface area contributed by atoms with Crippen molar-refractivity contribution in [3.8, 4) is 5.75 Å². The molecule has 0 bridgehead atoms. The van der Waals surface area contributed by atoms with Crippen molar-refractivity contribution in [2.24, 2.45) is 5.92 Å². The number of nitrogen functional groups attached to an aromatic ring is 1. The summed E-state index contributed by atoms with van der Waals surface area (Å²) in [5.74, 6) is -0.215. The van der Waals surface area contributed by atoms with Crippen molar-refractivity contribution in [1.29, 1.82) is 0 Å². The Morgan fingerprint density at radius 1 is 1.24 bits per heavy atom. The quantitative estimate of drug-likeness (QED) is 0.408. The monoisotopic (exact) mass is 524 g/mol. The molecule has 156 valence electrons. The molecule has 5 nitrogen and oxygen atoms in total. The normalized spacial score (nSPS) is 20.4. The van der Waals surface area contributed by atoms with Crippen molar-refractivity contribution in [1.82, 2.24) is 5.32 Å². The number of hydrogen-bond acceptors (Lipinski definition) is 5. The van der Waals surface area contributed by atoms with Crippen molar-refractivity contribution >= 4 is 43.3 Å². The van der Waals surface area contributed by atoms with Crippen molar-refractivity contribution in [2.45, 2.75) is 51.3 Å². The first kappa shape index (κ1) is 22.3. The summed E-state index contributed by atoms with van der Waals surface area (Å²) in [5.41, 5.74) is 8.95. The number of phenolic OH excluding ortho intramolecular Hbond substituents is 1. The second-order valence-electron chi connectivity index (χ2n) is 7.69. The van der Waals surface area contributed by atoms with Crippen LogP contribution >= 0.6 is 31.9 Å². The molecule has 0 saturated heterocycles. The summed E-state index contributed by atoms with van der Waals surface area (Å²) >= 11 is 6.96. The molecule has 7 heteroatoms. The minimum absolute atomic E-state index is 0.0979. The lowest BCUT2D eigenvalue weighted by Crippen LogP contribution is -2.36. The average Bonchev–Trinajstić information content (AvgIpc) is 2.71. The highest BCUT2D eigenvalue weighted by Gasteiger charge is 2.31. The Balaban J connectivity index is 1.55. The zero-order chi connectivity index (χ0) is 21.1. The molecule has 1 fully saturated rings. The zero-order valence-corrected chi connectivity index (χ0v) is 19.5. The van der Waals surface area contributed by atoms with E-state index in [0.717, 1.165) is 45.9 Å². The molecular weight excluding hydrogens is 500 g/mol. The van der Waals surface area contributed by atoms with Gasteiger partial charge in [0.2, 0.25) is 0 Å². The van der Waals surface area contributed by atoms with Gasteiger partial charge < -0.3 is 21.3 Å². The van der Waals surface area contributed by atoms with E-state index in [2.05, 4.69) is 37.2 Å². The zero-order valence-electron chi connectivity index (χ0n) is 16.3. The molecule has 1 unspecified atom stereocenters. The van der Waals surface area contributed by atoms with Crippen LogP contribution in [0.5, 0.6) is 5.75 Å². The lowest BCUT2D eigenvalue weighted by atomic mass is 9.80. The number of benzene rings is 2. The molecule has 0 aliphatic heterocycles. The number of Topliss-reactive ketones (excluding diaryl/α,β-unsaturated/α-hetero) is 1. The molecule has 5 N–H and O–H groups in total. The summed E-state index contributed by atoms with van der Waals surface area (Å²) < 4.78 is 1.84. The van der Waals surface area contributed by atoms with Gasteiger partial charge in [0.25, 0.3) is 0 Å². The van der Waals surface area contributed by atoms with Gasteiger partial charge in [0, 0.05) is 27.4 Å². The van der Waals surface area contributed by atoms with Crippen LogP contribution in [0.15, 0.2) is 39.3 Å². The Labute approximate surface area is 188 Å². The maximum absolute atomic E-state index is 12.8. The Hall–Kier alpha value is -1.41. The van der Waals surface area contributed by atoms with Crippen LogP contribution in [-0.2, 0) is 11.3 Å². The van der Waals surface area contributed by atoms with Crippen LogP contribution in [0.2, 0.25) is 0 Å². The van der Waals surface area contributed by atoms with E-state index in [1.54, 1.807) is 25.1 Å². The number of halogens is 2. The van der Waals surface area contributed by atoms with E-state index >= 15 is 0 Å². The van der Waals surface area contributed by atoms with Gasteiger partial charge in [-0.05, 0) is 83.4 Å². The van der Waals surface area contributed by atoms with Gasteiger partial charge in [0.15, 0.2) is 5.78 Å². The number of nitrogens with two attached hydrogens (primary N) is 1. The average molecular weight is 526 g/mol. The Kier molecular flexibility index (Phi) is 7.37. The third-order valence-corrected chi connectivity index (χ3v) is 6.92.